The zero-order chi connectivity index (χ0) is 44.2. The lowest BCUT2D eigenvalue weighted by molar-refractivity contribution is -0.387. The van der Waals surface area contributed by atoms with Crippen LogP contribution in [0.25, 0.3) is 0 Å². The number of carbonyl (C=O) groups is 8. The molecule has 59 heavy (non-hydrogen) atoms. The standard InChI is InChI=1S/C40H51NO18/c1-17(2)34(47)57-28-27-30(54-22(7)44)40-38(11,50)31(29(53-21(6)43)33(56-24(9)46)39(40,16-51-20(5)42)32(28)55-23(8)45)58-35(48)19(4)18(3)25-12-13-41-14-26(25)36(49)52-15-37(27,10)59-40/h12-14,17-19,27-33,50H,15-16H2,1-11H3/t18-,19+,27-,28-,29+,30-,31+,32-,33+,37+,38+,39-,40+/m1/s1. The number of rotatable bonds is 8. The van der Waals surface area contributed by atoms with Gasteiger partial charge in [-0.1, -0.05) is 27.7 Å². The van der Waals surface area contributed by atoms with Gasteiger partial charge >= 0.3 is 47.8 Å². The summed E-state index contributed by atoms with van der Waals surface area (Å²) in [6, 6.07) is 1.51. The van der Waals surface area contributed by atoms with Crippen LogP contribution in [0, 0.1) is 23.2 Å². The van der Waals surface area contributed by atoms with Gasteiger partial charge in [-0.2, -0.15) is 0 Å². The predicted molar refractivity (Wildman–Crippen MR) is 194 cm³/mol. The van der Waals surface area contributed by atoms with Crippen LogP contribution in [0.3, 0.4) is 0 Å². The Morgan fingerprint density at radius 1 is 0.814 bits per heavy atom. The highest BCUT2D eigenvalue weighted by atomic mass is 16.7. The van der Waals surface area contributed by atoms with E-state index in [1.165, 1.54) is 46.2 Å². The van der Waals surface area contributed by atoms with E-state index in [1.54, 1.807) is 6.92 Å². The van der Waals surface area contributed by atoms with E-state index in [1.807, 2.05) is 0 Å². The number of esters is 8. The first kappa shape index (κ1) is 44.9. The number of pyridine rings is 1. The number of aliphatic hydroxyl groups is 1. The molecule has 13 atom stereocenters. The number of carbonyl (C=O) groups excluding carboxylic acids is 8. The molecule has 4 bridgehead atoms. The Morgan fingerprint density at radius 2 is 1.37 bits per heavy atom. The molecule has 0 radical (unpaired) electrons. The Balaban J connectivity index is 2.03. The summed E-state index contributed by atoms with van der Waals surface area (Å²) in [5, 5.41) is 13.5. The van der Waals surface area contributed by atoms with Gasteiger partial charge in [-0.25, -0.2) is 4.79 Å². The Morgan fingerprint density at radius 3 is 1.92 bits per heavy atom. The van der Waals surface area contributed by atoms with E-state index in [0.717, 1.165) is 41.5 Å². The number of nitrogens with zero attached hydrogens (tertiary/aromatic N) is 1. The number of cyclic esters (lactones) is 1. The normalized spacial score (nSPS) is 37.4. The summed E-state index contributed by atoms with van der Waals surface area (Å²) in [6.45, 7) is 11.8. The number of hydrogen-bond donors (Lipinski definition) is 1. The van der Waals surface area contributed by atoms with Crippen molar-refractivity contribution in [3.05, 3.63) is 29.6 Å². The maximum absolute atomic E-state index is 14.4. The van der Waals surface area contributed by atoms with Crippen LogP contribution in [-0.4, -0.2) is 124 Å². The Bertz CT molecular complexity index is 1910. The first-order chi connectivity index (χ1) is 27.4. The SMILES string of the molecule is CC(=O)OC[C@]12[C@H](OC(C)=O)[C@H](OC(=O)C(C)C)[C@@H]3[C@@H](OC(C)=O)[C@@]14O[C@@]3(C)COC(=O)c1cnccc1[C@H](C)[C@H](C)C(=O)O[C@@H]([C@H](OC(C)=O)[C@@H]2OC(C)=O)[C@]4(C)O. The Hall–Kier alpha value is -5.17. The van der Waals surface area contributed by atoms with Gasteiger partial charge in [-0.05, 0) is 31.4 Å². The highest BCUT2D eigenvalue weighted by Crippen LogP contribution is 2.70. The second kappa shape index (κ2) is 16.1. The molecule has 3 fully saturated rings. The van der Waals surface area contributed by atoms with E-state index in [-0.39, 0.29) is 5.56 Å². The summed E-state index contributed by atoms with van der Waals surface area (Å²) < 4.78 is 55.0. The van der Waals surface area contributed by atoms with Crippen LogP contribution in [0.15, 0.2) is 18.5 Å². The van der Waals surface area contributed by atoms with Crippen LogP contribution in [0.1, 0.15) is 98.0 Å². The van der Waals surface area contributed by atoms with Gasteiger partial charge in [0.15, 0.2) is 30.0 Å². The molecule has 4 aliphatic rings. The quantitative estimate of drug-likeness (QED) is 0.289. The van der Waals surface area contributed by atoms with Crippen molar-refractivity contribution in [2.45, 2.75) is 136 Å². The van der Waals surface area contributed by atoms with Crippen LogP contribution in [-0.2, 0) is 76.2 Å². The van der Waals surface area contributed by atoms with Gasteiger partial charge in [0, 0.05) is 47.0 Å². The van der Waals surface area contributed by atoms with E-state index in [0.29, 0.717) is 5.56 Å². The monoisotopic (exact) mass is 833 g/mol. The van der Waals surface area contributed by atoms with Gasteiger partial charge in [0.1, 0.15) is 42.0 Å². The van der Waals surface area contributed by atoms with Gasteiger partial charge in [0.05, 0.1) is 23.3 Å². The highest BCUT2D eigenvalue weighted by Gasteiger charge is 2.92. The molecular weight excluding hydrogens is 782 g/mol. The molecule has 324 valence electrons. The first-order valence-corrected chi connectivity index (χ1v) is 19.1. The van der Waals surface area contributed by atoms with Crippen molar-refractivity contribution in [3.8, 4) is 0 Å². The summed E-state index contributed by atoms with van der Waals surface area (Å²) in [7, 11) is 0. The van der Waals surface area contributed by atoms with E-state index in [4.69, 9.17) is 42.6 Å². The third-order valence-electron chi connectivity index (χ3n) is 11.9. The summed E-state index contributed by atoms with van der Waals surface area (Å²) in [5.74, 6) is -12.3. The minimum atomic E-state index is -2.82. The fourth-order valence-corrected chi connectivity index (χ4v) is 9.38. The van der Waals surface area contributed by atoms with Crippen molar-refractivity contribution in [2.75, 3.05) is 13.2 Å². The van der Waals surface area contributed by atoms with Gasteiger partial charge in [0.2, 0.25) is 0 Å². The van der Waals surface area contributed by atoms with Crippen LogP contribution in [0.2, 0.25) is 0 Å². The first-order valence-electron chi connectivity index (χ1n) is 19.1. The minimum absolute atomic E-state index is 0.0411. The molecule has 0 aromatic carbocycles. The molecular formula is C40H51NO18. The summed E-state index contributed by atoms with van der Waals surface area (Å²) >= 11 is 0. The van der Waals surface area contributed by atoms with Gasteiger partial charge < -0.3 is 47.7 Å². The van der Waals surface area contributed by atoms with Crippen molar-refractivity contribution in [1.82, 2.24) is 4.98 Å². The second-order valence-corrected chi connectivity index (χ2v) is 16.3. The van der Waals surface area contributed by atoms with Gasteiger partial charge in [0.25, 0.3) is 0 Å². The molecule has 1 aromatic heterocycles. The van der Waals surface area contributed by atoms with Crippen LogP contribution >= 0.6 is 0 Å². The lowest BCUT2D eigenvalue weighted by Crippen LogP contribution is -2.89. The van der Waals surface area contributed by atoms with Crippen LogP contribution in [0.4, 0.5) is 0 Å². The summed E-state index contributed by atoms with van der Waals surface area (Å²) in [5.41, 5.74) is -9.95. The van der Waals surface area contributed by atoms with Crippen LogP contribution < -0.4 is 0 Å². The Kier molecular flexibility index (Phi) is 12.3. The summed E-state index contributed by atoms with van der Waals surface area (Å²) in [6.07, 6.45) is -9.32. The molecule has 1 spiro atoms. The smallest absolute Gasteiger partial charge is 0.340 e. The van der Waals surface area contributed by atoms with Gasteiger partial charge in [-0.3, -0.25) is 38.5 Å². The molecule has 1 aromatic rings. The molecule has 19 nitrogen and oxygen atoms in total. The number of hydrogen-bond acceptors (Lipinski definition) is 19. The van der Waals surface area contributed by atoms with Crippen molar-refractivity contribution in [1.29, 1.82) is 0 Å². The maximum atomic E-state index is 14.4. The molecule has 5 rings (SSSR count). The molecule has 2 aliphatic heterocycles. The van der Waals surface area contributed by atoms with Crippen molar-refractivity contribution < 1.29 is 86.1 Å². The third kappa shape index (κ3) is 7.40. The van der Waals surface area contributed by atoms with Crippen LogP contribution in [0.5, 0.6) is 0 Å². The molecule has 0 unspecified atom stereocenters. The van der Waals surface area contributed by atoms with E-state index >= 15 is 0 Å². The zero-order valence-electron chi connectivity index (χ0n) is 34.8. The fraction of sp³-hybridized carbons (Fsp3) is 0.675. The van der Waals surface area contributed by atoms with Gasteiger partial charge in [-0.15, -0.1) is 0 Å². The van der Waals surface area contributed by atoms with Crippen molar-refractivity contribution >= 4 is 47.8 Å². The minimum Gasteiger partial charge on any atom is -0.465 e. The molecule has 2 saturated carbocycles. The van der Waals surface area contributed by atoms with E-state index < -0.39 is 143 Å². The average molecular weight is 834 g/mol. The largest absolute Gasteiger partial charge is 0.465 e. The second-order valence-electron chi connectivity index (χ2n) is 16.3. The molecule has 3 heterocycles. The third-order valence-corrected chi connectivity index (χ3v) is 11.9. The highest BCUT2D eigenvalue weighted by molar-refractivity contribution is 5.91. The molecule has 2 aliphatic carbocycles. The molecule has 1 saturated heterocycles. The molecule has 0 amide bonds. The molecule has 1 N–H and O–H groups in total. The van der Waals surface area contributed by atoms with E-state index in [9.17, 15) is 43.5 Å². The topological polar surface area (TPSA) is 253 Å². The number of aromatic nitrogens is 1. The lowest BCUT2D eigenvalue weighted by atomic mass is 9.45. The number of fused-ring (bicyclic) bond motifs is 5. The van der Waals surface area contributed by atoms with E-state index in [2.05, 4.69) is 4.98 Å². The van der Waals surface area contributed by atoms with Crippen molar-refractivity contribution in [2.24, 2.45) is 23.2 Å². The average Bonchev–Trinajstić information content (AvgIpc) is 3.35. The zero-order valence-corrected chi connectivity index (χ0v) is 34.8. The Labute approximate surface area is 340 Å². The predicted octanol–water partition coefficient (Wildman–Crippen LogP) is 1.67. The molecule has 19 heteroatoms. The maximum Gasteiger partial charge on any atom is 0.340 e. The number of ether oxygens (including phenoxy) is 9. The fourth-order valence-electron chi connectivity index (χ4n) is 9.38. The lowest BCUT2D eigenvalue weighted by Gasteiger charge is -2.67. The van der Waals surface area contributed by atoms with Crippen molar-refractivity contribution in [3.63, 3.8) is 0 Å². The summed E-state index contributed by atoms with van der Waals surface area (Å²) in [4.78, 5) is 112.